The Morgan fingerprint density at radius 1 is 1.19 bits per heavy atom. The number of thiophene rings is 1. The number of carbonyl (C=O) groups excluding carboxylic acids is 2. The highest BCUT2D eigenvalue weighted by atomic mass is 32.1. The molecule has 11 heteroatoms. The van der Waals surface area contributed by atoms with E-state index < -0.39 is 12.1 Å². The minimum Gasteiger partial charge on any atom is -0.475 e. The van der Waals surface area contributed by atoms with Gasteiger partial charge in [-0.3, -0.25) is 14.5 Å². The Kier molecular flexibility index (Phi) is 8.09. The van der Waals surface area contributed by atoms with Crippen molar-refractivity contribution >= 4 is 29.1 Å². The number of aryl methyl sites for hydroxylation is 1. The summed E-state index contributed by atoms with van der Waals surface area (Å²) in [4.78, 5) is 42.0. The molecule has 1 N–H and O–H groups in total. The monoisotopic (exact) mass is 463 g/mol. The number of nitrogens with zero attached hydrogens (tertiary/aromatic N) is 3. The van der Waals surface area contributed by atoms with Gasteiger partial charge in [0.25, 0.3) is 0 Å². The van der Waals surface area contributed by atoms with Crippen molar-refractivity contribution in [2.45, 2.75) is 50.9 Å². The van der Waals surface area contributed by atoms with E-state index in [1.807, 2.05) is 16.2 Å². The van der Waals surface area contributed by atoms with Gasteiger partial charge in [-0.25, -0.2) is 4.79 Å². The van der Waals surface area contributed by atoms with Crippen molar-refractivity contribution in [2.24, 2.45) is 0 Å². The number of rotatable bonds is 4. The first-order valence-corrected chi connectivity index (χ1v) is 10.7. The van der Waals surface area contributed by atoms with Crippen LogP contribution in [0.25, 0.3) is 0 Å². The minimum atomic E-state index is -5.08. The van der Waals surface area contributed by atoms with Crippen molar-refractivity contribution < 1.29 is 32.7 Å². The summed E-state index contributed by atoms with van der Waals surface area (Å²) in [5, 5.41) is 7.12. The Balaban J connectivity index is 0.000000423. The standard InChI is InChI=1S/C18H27N3O2S.C2HF3O2/c1-14-4-5-15(24-14)12-20-10-8-18(9-11-20)7-6-16(22)21(18)13-17(23)19(2)3;3-2(4,5)1(6)7/h4-5H,6-13H2,1-3H3;(H,6,7). The van der Waals surface area contributed by atoms with Gasteiger partial charge in [0.2, 0.25) is 11.8 Å². The van der Waals surface area contributed by atoms with E-state index in [1.165, 1.54) is 9.75 Å². The van der Waals surface area contributed by atoms with Crippen LogP contribution in [0.5, 0.6) is 0 Å². The predicted molar refractivity (Wildman–Crippen MR) is 110 cm³/mol. The summed E-state index contributed by atoms with van der Waals surface area (Å²) < 4.78 is 31.7. The molecule has 1 spiro atoms. The molecule has 0 radical (unpaired) electrons. The van der Waals surface area contributed by atoms with Crippen molar-refractivity contribution in [2.75, 3.05) is 33.7 Å². The van der Waals surface area contributed by atoms with Crippen LogP contribution in [0, 0.1) is 6.92 Å². The van der Waals surface area contributed by atoms with Gasteiger partial charge >= 0.3 is 12.1 Å². The smallest absolute Gasteiger partial charge is 0.475 e. The molecule has 2 saturated heterocycles. The topological polar surface area (TPSA) is 81.2 Å². The molecular weight excluding hydrogens is 435 g/mol. The number of hydrogen-bond acceptors (Lipinski definition) is 5. The molecule has 2 fully saturated rings. The fourth-order valence-corrected chi connectivity index (χ4v) is 4.78. The molecule has 2 aliphatic rings. The molecule has 0 atom stereocenters. The molecule has 31 heavy (non-hydrogen) atoms. The summed E-state index contributed by atoms with van der Waals surface area (Å²) in [5.74, 6) is -2.60. The Hall–Kier alpha value is -2.14. The van der Waals surface area contributed by atoms with Crippen molar-refractivity contribution in [3.05, 3.63) is 21.9 Å². The number of likely N-dealkylation sites (N-methyl/N-ethyl adjacent to an activating group) is 1. The summed E-state index contributed by atoms with van der Waals surface area (Å²) >= 11 is 1.86. The molecule has 2 aliphatic heterocycles. The number of alkyl halides is 3. The number of aliphatic carboxylic acids is 1. The lowest BCUT2D eigenvalue weighted by Gasteiger charge is -2.45. The summed E-state index contributed by atoms with van der Waals surface area (Å²) in [7, 11) is 3.50. The SMILES string of the molecule is Cc1ccc(CN2CCC3(CCC(=O)N3CC(=O)N(C)C)CC2)s1.O=C(O)C(F)(F)F. The maximum absolute atomic E-state index is 12.3. The molecule has 7 nitrogen and oxygen atoms in total. The maximum Gasteiger partial charge on any atom is 0.490 e. The van der Waals surface area contributed by atoms with Gasteiger partial charge in [-0.2, -0.15) is 13.2 Å². The lowest BCUT2D eigenvalue weighted by Crippen LogP contribution is -2.55. The van der Waals surface area contributed by atoms with E-state index >= 15 is 0 Å². The van der Waals surface area contributed by atoms with Gasteiger partial charge in [0, 0.05) is 55.4 Å². The van der Waals surface area contributed by atoms with Crippen molar-refractivity contribution in [3.63, 3.8) is 0 Å². The lowest BCUT2D eigenvalue weighted by atomic mass is 9.85. The van der Waals surface area contributed by atoms with Crippen LogP contribution < -0.4 is 0 Å². The normalized spacial score (nSPS) is 18.6. The third-order valence-corrected chi connectivity index (χ3v) is 6.66. The van der Waals surface area contributed by atoms with Gasteiger partial charge in [-0.05, 0) is 38.3 Å². The quantitative estimate of drug-likeness (QED) is 0.743. The average molecular weight is 464 g/mol. The highest BCUT2D eigenvalue weighted by molar-refractivity contribution is 7.11. The number of carbonyl (C=O) groups is 3. The molecule has 0 aliphatic carbocycles. The second kappa shape index (κ2) is 9.99. The number of carboxylic acid groups (broad SMARTS) is 1. The molecule has 1 aromatic rings. The zero-order valence-electron chi connectivity index (χ0n) is 17.9. The van der Waals surface area contributed by atoms with Crippen LogP contribution >= 0.6 is 11.3 Å². The Morgan fingerprint density at radius 2 is 1.77 bits per heavy atom. The van der Waals surface area contributed by atoms with E-state index in [1.54, 1.807) is 19.0 Å². The molecule has 1 aromatic heterocycles. The van der Waals surface area contributed by atoms with Gasteiger partial charge in [0.15, 0.2) is 0 Å². The van der Waals surface area contributed by atoms with Gasteiger partial charge in [0.1, 0.15) is 6.54 Å². The van der Waals surface area contributed by atoms with Gasteiger partial charge in [-0.15, -0.1) is 11.3 Å². The average Bonchev–Trinajstić information content (AvgIpc) is 3.21. The van der Waals surface area contributed by atoms with Crippen LogP contribution in [0.4, 0.5) is 13.2 Å². The number of piperidine rings is 1. The number of amides is 2. The van der Waals surface area contributed by atoms with Crippen LogP contribution in [0.1, 0.15) is 35.4 Å². The van der Waals surface area contributed by atoms with Crippen LogP contribution in [0.15, 0.2) is 12.1 Å². The summed E-state index contributed by atoms with van der Waals surface area (Å²) in [6, 6.07) is 4.39. The van der Waals surface area contributed by atoms with Crippen molar-refractivity contribution in [3.8, 4) is 0 Å². The predicted octanol–water partition coefficient (Wildman–Crippen LogP) is 2.74. The lowest BCUT2D eigenvalue weighted by molar-refractivity contribution is -0.192. The van der Waals surface area contributed by atoms with Crippen molar-refractivity contribution in [1.82, 2.24) is 14.7 Å². The van der Waals surface area contributed by atoms with Crippen LogP contribution in [0.2, 0.25) is 0 Å². The summed E-state index contributed by atoms with van der Waals surface area (Å²) in [6.45, 7) is 5.37. The maximum atomic E-state index is 12.3. The van der Waals surface area contributed by atoms with Crippen molar-refractivity contribution in [1.29, 1.82) is 0 Å². The van der Waals surface area contributed by atoms with Crippen LogP contribution in [-0.4, -0.2) is 83.0 Å². The van der Waals surface area contributed by atoms with E-state index in [9.17, 15) is 22.8 Å². The van der Waals surface area contributed by atoms with Crippen LogP contribution in [0.3, 0.4) is 0 Å². The minimum absolute atomic E-state index is 0.0149. The Morgan fingerprint density at radius 3 is 2.23 bits per heavy atom. The molecule has 174 valence electrons. The fourth-order valence-electron chi connectivity index (χ4n) is 3.84. The second-order valence-corrected chi connectivity index (χ2v) is 9.46. The first-order valence-electron chi connectivity index (χ1n) is 9.92. The van der Waals surface area contributed by atoms with E-state index in [4.69, 9.17) is 9.90 Å². The van der Waals surface area contributed by atoms with Gasteiger partial charge < -0.3 is 14.9 Å². The van der Waals surface area contributed by atoms with E-state index in [-0.39, 0.29) is 23.9 Å². The summed E-state index contributed by atoms with van der Waals surface area (Å²) in [6.07, 6.45) is -1.64. The van der Waals surface area contributed by atoms with Crippen LogP contribution in [-0.2, 0) is 20.9 Å². The van der Waals surface area contributed by atoms with Gasteiger partial charge in [-0.1, -0.05) is 0 Å². The Labute approximate surface area is 183 Å². The molecule has 0 saturated carbocycles. The zero-order chi connectivity index (χ0) is 23.4. The summed E-state index contributed by atoms with van der Waals surface area (Å²) in [5.41, 5.74) is -0.0926. The van der Waals surface area contributed by atoms with E-state index in [2.05, 4.69) is 24.0 Å². The third-order valence-electron chi connectivity index (χ3n) is 5.67. The number of hydrogen-bond donors (Lipinski definition) is 1. The second-order valence-electron chi connectivity index (χ2n) is 8.08. The number of carboxylic acids is 1. The molecule has 0 aromatic carbocycles. The fraction of sp³-hybridized carbons (Fsp3) is 0.650. The molecule has 3 rings (SSSR count). The molecule has 0 unspecified atom stereocenters. The van der Waals surface area contributed by atoms with E-state index in [0.29, 0.717) is 6.42 Å². The highest BCUT2D eigenvalue weighted by Crippen LogP contribution is 2.39. The molecular formula is C20H28F3N3O4S. The highest BCUT2D eigenvalue weighted by Gasteiger charge is 2.47. The third kappa shape index (κ3) is 6.67. The number of halogens is 3. The number of likely N-dealkylation sites (tertiary alicyclic amines) is 2. The Bertz CT molecular complexity index is 802. The first-order chi connectivity index (χ1) is 14.3. The molecule has 0 bridgehead atoms. The molecule has 2 amide bonds. The van der Waals surface area contributed by atoms with Gasteiger partial charge in [0.05, 0.1) is 0 Å². The molecule has 3 heterocycles. The largest absolute Gasteiger partial charge is 0.490 e. The first kappa shape index (κ1) is 25.1. The van der Waals surface area contributed by atoms with E-state index in [0.717, 1.165) is 38.9 Å². The zero-order valence-corrected chi connectivity index (χ0v) is 18.7.